The second-order valence-corrected chi connectivity index (χ2v) is 7.32. The highest BCUT2D eigenvalue weighted by atomic mass is 35.5. The molecule has 2 N–H and O–H groups in total. The van der Waals surface area contributed by atoms with Crippen molar-refractivity contribution in [1.29, 1.82) is 0 Å². The Hall–Kier alpha value is -0.0900. The second kappa shape index (κ2) is 7.07. The molecule has 0 aliphatic heterocycles. The molecule has 1 fully saturated rings. The molecule has 19 heavy (non-hydrogen) atoms. The highest BCUT2D eigenvalue weighted by molar-refractivity contribution is 7.16. The van der Waals surface area contributed by atoms with E-state index in [2.05, 4.69) is 19.9 Å². The topological polar surface area (TPSA) is 35.2 Å². The van der Waals surface area contributed by atoms with Gasteiger partial charge in [-0.2, -0.15) is 0 Å². The van der Waals surface area contributed by atoms with Gasteiger partial charge in [-0.25, -0.2) is 0 Å². The number of halogens is 1. The van der Waals surface area contributed by atoms with E-state index < -0.39 is 0 Å². The molecule has 0 spiro atoms. The van der Waals surface area contributed by atoms with Crippen molar-refractivity contribution in [2.75, 3.05) is 0 Å². The molecule has 4 atom stereocenters. The molecule has 2 nitrogen and oxygen atoms in total. The smallest absolute Gasteiger partial charge is 0.107 e. The Kier molecular flexibility index (Phi) is 5.70. The quantitative estimate of drug-likeness (QED) is 0.850. The summed E-state index contributed by atoms with van der Waals surface area (Å²) in [4.78, 5) is 1.16. The van der Waals surface area contributed by atoms with Crippen LogP contribution in [0.4, 0.5) is 0 Å². The number of hydrogen-bond acceptors (Lipinski definition) is 3. The molecule has 4 unspecified atom stereocenters. The van der Waals surface area contributed by atoms with Gasteiger partial charge < -0.3 is 10.5 Å². The maximum atomic E-state index is 6.38. The number of rotatable bonds is 5. The van der Waals surface area contributed by atoms with Crippen LogP contribution in [0.3, 0.4) is 0 Å². The van der Waals surface area contributed by atoms with Crippen LogP contribution in [0.2, 0.25) is 4.34 Å². The maximum Gasteiger partial charge on any atom is 0.107 e. The first-order valence-electron chi connectivity index (χ1n) is 7.28. The fourth-order valence-corrected chi connectivity index (χ4v) is 3.92. The highest BCUT2D eigenvalue weighted by Gasteiger charge is 2.29. The molecule has 1 saturated carbocycles. The molecular formula is C15H24ClNOS. The molecule has 2 rings (SSSR count). The van der Waals surface area contributed by atoms with Gasteiger partial charge in [0.05, 0.1) is 10.4 Å². The molecule has 1 heterocycles. The van der Waals surface area contributed by atoms with Crippen LogP contribution in [0.1, 0.15) is 56.9 Å². The predicted octanol–water partition coefficient (Wildman–Crippen LogP) is 4.78. The summed E-state index contributed by atoms with van der Waals surface area (Å²) in [5.41, 5.74) is 6.26. The van der Waals surface area contributed by atoms with Crippen molar-refractivity contribution in [1.82, 2.24) is 0 Å². The molecule has 0 aromatic carbocycles. The van der Waals surface area contributed by atoms with Gasteiger partial charge in [0.1, 0.15) is 6.10 Å². The predicted molar refractivity (Wildman–Crippen MR) is 82.8 cm³/mol. The van der Waals surface area contributed by atoms with E-state index in [0.717, 1.165) is 22.1 Å². The number of hydrogen-bond donors (Lipinski definition) is 1. The van der Waals surface area contributed by atoms with E-state index >= 15 is 0 Å². The van der Waals surface area contributed by atoms with Crippen molar-refractivity contribution < 1.29 is 4.74 Å². The van der Waals surface area contributed by atoms with Crippen LogP contribution in [0.5, 0.6) is 0 Å². The average molecular weight is 302 g/mol. The minimum atomic E-state index is -0.00644. The molecule has 1 aliphatic rings. The van der Waals surface area contributed by atoms with Crippen LogP contribution in [0, 0.1) is 5.92 Å². The standard InChI is InChI=1S/C15H24ClNOS/c1-3-11(17)15(13-8-9-14(16)19-13)18-12-7-5-4-6-10(12)2/h8-12,15H,3-7,17H2,1-2H3. The van der Waals surface area contributed by atoms with Gasteiger partial charge in [0.2, 0.25) is 0 Å². The van der Waals surface area contributed by atoms with Crippen LogP contribution < -0.4 is 5.73 Å². The zero-order valence-corrected chi connectivity index (χ0v) is 13.3. The van der Waals surface area contributed by atoms with E-state index in [-0.39, 0.29) is 12.1 Å². The Morgan fingerprint density at radius 3 is 2.74 bits per heavy atom. The zero-order valence-electron chi connectivity index (χ0n) is 11.8. The summed E-state index contributed by atoms with van der Waals surface area (Å²) in [6.45, 7) is 4.40. The molecule has 1 aliphatic carbocycles. The Balaban J connectivity index is 2.09. The summed E-state index contributed by atoms with van der Waals surface area (Å²) in [6, 6.07) is 4.04. The van der Waals surface area contributed by atoms with Gasteiger partial charge in [0.15, 0.2) is 0 Å². The van der Waals surface area contributed by atoms with Crippen LogP contribution in [0.15, 0.2) is 12.1 Å². The van der Waals surface area contributed by atoms with Crippen LogP contribution in [-0.4, -0.2) is 12.1 Å². The Morgan fingerprint density at radius 1 is 1.42 bits per heavy atom. The van der Waals surface area contributed by atoms with Gasteiger partial charge in [-0.05, 0) is 37.3 Å². The number of thiophene rings is 1. The van der Waals surface area contributed by atoms with Gasteiger partial charge in [-0.1, -0.05) is 38.3 Å². The second-order valence-electron chi connectivity index (χ2n) is 5.57. The Morgan fingerprint density at radius 2 is 2.16 bits per heavy atom. The summed E-state index contributed by atoms with van der Waals surface area (Å²) in [7, 11) is 0. The van der Waals surface area contributed by atoms with Gasteiger partial charge in [0, 0.05) is 10.9 Å². The monoisotopic (exact) mass is 301 g/mol. The number of ether oxygens (including phenoxy) is 1. The largest absolute Gasteiger partial charge is 0.368 e. The summed E-state index contributed by atoms with van der Waals surface area (Å²) < 4.78 is 7.19. The summed E-state index contributed by atoms with van der Waals surface area (Å²) >= 11 is 7.64. The van der Waals surface area contributed by atoms with E-state index in [1.165, 1.54) is 19.3 Å². The summed E-state index contributed by atoms with van der Waals surface area (Å²) in [5.74, 6) is 0.635. The highest BCUT2D eigenvalue weighted by Crippen LogP contribution is 2.36. The first-order valence-corrected chi connectivity index (χ1v) is 8.47. The lowest BCUT2D eigenvalue weighted by molar-refractivity contribution is -0.0662. The van der Waals surface area contributed by atoms with E-state index in [1.54, 1.807) is 11.3 Å². The van der Waals surface area contributed by atoms with E-state index in [4.69, 9.17) is 22.1 Å². The Labute approximate surface area is 125 Å². The molecule has 1 aromatic heterocycles. The van der Waals surface area contributed by atoms with E-state index in [1.807, 2.05) is 6.07 Å². The third-order valence-corrected chi connectivity index (χ3v) is 5.38. The number of nitrogens with two attached hydrogens (primary N) is 1. The van der Waals surface area contributed by atoms with Crippen molar-refractivity contribution in [3.05, 3.63) is 21.3 Å². The van der Waals surface area contributed by atoms with Crippen molar-refractivity contribution in [2.24, 2.45) is 11.7 Å². The first-order chi connectivity index (χ1) is 9.11. The molecule has 108 valence electrons. The fraction of sp³-hybridized carbons (Fsp3) is 0.733. The lowest BCUT2D eigenvalue weighted by atomic mass is 9.87. The van der Waals surface area contributed by atoms with Crippen molar-refractivity contribution >= 4 is 22.9 Å². The minimum Gasteiger partial charge on any atom is -0.368 e. The lowest BCUT2D eigenvalue weighted by Gasteiger charge is -2.34. The van der Waals surface area contributed by atoms with E-state index in [9.17, 15) is 0 Å². The van der Waals surface area contributed by atoms with Crippen molar-refractivity contribution in [3.63, 3.8) is 0 Å². The maximum absolute atomic E-state index is 6.38. The molecule has 4 heteroatoms. The van der Waals surface area contributed by atoms with Crippen LogP contribution in [0.25, 0.3) is 0 Å². The zero-order chi connectivity index (χ0) is 13.8. The molecule has 0 bridgehead atoms. The fourth-order valence-electron chi connectivity index (χ4n) is 2.75. The minimum absolute atomic E-state index is 0.00644. The molecular weight excluding hydrogens is 278 g/mol. The van der Waals surface area contributed by atoms with Gasteiger partial charge in [0.25, 0.3) is 0 Å². The van der Waals surface area contributed by atoms with Crippen LogP contribution >= 0.6 is 22.9 Å². The third kappa shape index (κ3) is 3.94. The summed E-state index contributed by atoms with van der Waals surface area (Å²) in [6.07, 6.45) is 6.29. The SMILES string of the molecule is CCC(N)C(OC1CCCCC1C)c1ccc(Cl)s1. The van der Waals surface area contributed by atoms with Crippen molar-refractivity contribution in [2.45, 2.75) is 64.2 Å². The van der Waals surface area contributed by atoms with Gasteiger partial charge in [-0.3, -0.25) is 0 Å². The van der Waals surface area contributed by atoms with Gasteiger partial charge in [-0.15, -0.1) is 11.3 Å². The molecule has 0 amide bonds. The van der Waals surface area contributed by atoms with Crippen LogP contribution in [-0.2, 0) is 4.74 Å². The third-order valence-electron chi connectivity index (χ3n) is 4.09. The lowest BCUT2D eigenvalue weighted by Crippen LogP contribution is -2.35. The first kappa shape index (κ1) is 15.3. The Bertz CT molecular complexity index is 395. The normalized spacial score (nSPS) is 27.2. The van der Waals surface area contributed by atoms with E-state index in [0.29, 0.717) is 12.0 Å². The molecule has 0 saturated heterocycles. The molecule has 0 radical (unpaired) electrons. The molecule has 1 aromatic rings. The van der Waals surface area contributed by atoms with Gasteiger partial charge >= 0.3 is 0 Å². The average Bonchev–Trinajstić information content (AvgIpc) is 2.83. The summed E-state index contributed by atoms with van der Waals surface area (Å²) in [5, 5.41) is 0. The van der Waals surface area contributed by atoms with Crippen molar-refractivity contribution in [3.8, 4) is 0 Å².